The summed E-state index contributed by atoms with van der Waals surface area (Å²) in [5, 5.41) is 4.06. The number of nitrogens with two attached hydrogens (primary N) is 1. The van der Waals surface area contributed by atoms with E-state index in [0.29, 0.717) is 28.6 Å². The number of benzene rings is 1. The summed E-state index contributed by atoms with van der Waals surface area (Å²) in [7, 11) is 1.56. The first-order valence-corrected chi connectivity index (χ1v) is 13.1. The van der Waals surface area contributed by atoms with Gasteiger partial charge in [0, 0.05) is 29.1 Å². The number of aryl methyl sites for hydroxylation is 1. The molecule has 6 rings (SSSR count). The number of carbonyl (C=O) groups is 2. The van der Waals surface area contributed by atoms with Crippen LogP contribution in [0.4, 0.5) is 0 Å². The van der Waals surface area contributed by atoms with Crippen molar-refractivity contribution in [2.45, 2.75) is 39.3 Å². The highest BCUT2D eigenvalue weighted by Gasteiger charge is 2.27. The molecule has 1 saturated carbocycles. The van der Waals surface area contributed by atoms with Crippen LogP contribution in [0, 0.1) is 12.8 Å². The molecule has 1 fully saturated rings. The van der Waals surface area contributed by atoms with Crippen molar-refractivity contribution >= 4 is 28.5 Å². The maximum atomic E-state index is 12.7. The Kier molecular flexibility index (Phi) is 6.06. The lowest BCUT2D eigenvalue weighted by molar-refractivity contribution is 0.0938. The number of amides is 2. The van der Waals surface area contributed by atoms with Gasteiger partial charge in [0.1, 0.15) is 17.0 Å². The third-order valence-corrected chi connectivity index (χ3v) is 7.38. The summed E-state index contributed by atoms with van der Waals surface area (Å²) in [5.74, 6) is 0.411. The molecule has 1 aliphatic rings. The zero-order valence-corrected chi connectivity index (χ0v) is 22.1. The minimum Gasteiger partial charge on any atom is -0.482 e. The zero-order chi connectivity index (χ0) is 27.3. The summed E-state index contributed by atoms with van der Waals surface area (Å²) < 4.78 is 9.70. The fourth-order valence-corrected chi connectivity index (χ4v) is 5.08. The van der Waals surface area contributed by atoms with Crippen molar-refractivity contribution in [3.63, 3.8) is 0 Å². The van der Waals surface area contributed by atoms with Gasteiger partial charge in [-0.25, -0.2) is 9.97 Å². The summed E-state index contributed by atoms with van der Waals surface area (Å²) in [6, 6.07) is 18.3. The Morgan fingerprint density at radius 1 is 1.08 bits per heavy atom. The van der Waals surface area contributed by atoms with Gasteiger partial charge in [-0.2, -0.15) is 0 Å². The summed E-state index contributed by atoms with van der Waals surface area (Å²) in [6.07, 6.45) is 2.37. The Labute approximate surface area is 225 Å². The van der Waals surface area contributed by atoms with Gasteiger partial charge in [-0.05, 0) is 69.0 Å². The van der Waals surface area contributed by atoms with Crippen molar-refractivity contribution in [3.8, 4) is 17.3 Å². The number of fused-ring (bicyclic) bond motifs is 2. The van der Waals surface area contributed by atoms with E-state index in [0.717, 1.165) is 40.4 Å². The largest absolute Gasteiger partial charge is 0.482 e. The highest BCUT2D eigenvalue weighted by Crippen LogP contribution is 2.37. The molecular formula is C30H30N6O3. The highest BCUT2D eigenvalue weighted by atomic mass is 16.5. The standard InChI is InChI=1S/C30H30N6O3/c1-17(32-30(38)20-7-5-4-6-8-20)23-12-11-21-13-24(35(29(21)33-23)16-19-9-10-19)27-18(2)36-25(34-27)14-22(28(31)37)15-26(36)39-3/h4-8,11-15,17,19H,9-10,16H2,1-3H3,(H2,31,37)(H,32,38)/t17-/m1/s1. The Hall–Kier alpha value is -4.66. The van der Waals surface area contributed by atoms with Crippen molar-refractivity contribution in [2.75, 3.05) is 7.11 Å². The number of methoxy groups -OCH3 is 1. The number of hydrogen-bond donors (Lipinski definition) is 2. The minimum atomic E-state index is -0.536. The van der Waals surface area contributed by atoms with Crippen LogP contribution in [0.1, 0.15) is 57.9 Å². The molecule has 0 spiro atoms. The number of aromatic nitrogens is 4. The lowest BCUT2D eigenvalue weighted by Gasteiger charge is -2.15. The van der Waals surface area contributed by atoms with Crippen LogP contribution >= 0.6 is 0 Å². The van der Waals surface area contributed by atoms with Gasteiger partial charge < -0.3 is 20.4 Å². The summed E-state index contributed by atoms with van der Waals surface area (Å²) in [6.45, 7) is 4.76. The van der Waals surface area contributed by atoms with Crippen LogP contribution in [0.25, 0.3) is 28.1 Å². The first-order valence-electron chi connectivity index (χ1n) is 13.1. The topological polar surface area (TPSA) is 117 Å². The van der Waals surface area contributed by atoms with Crippen molar-refractivity contribution in [2.24, 2.45) is 11.7 Å². The van der Waals surface area contributed by atoms with Gasteiger partial charge in [0.05, 0.1) is 30.2 Å². The Balaban J connectivity index is 1.43. The van der Waals surface area contributed by atoms with Crippen molar-refractivity contribution in [3.05, 3.63) is 83.2 Å². The van der Waals surface area contributed by atoms with Crippen molar-refractivity contribution in [1.82, 2.24) is 24.3 Å². The molecule has 0 bridgehead atoms. The average molecular weight is 523 g/mol. The monoisotopic (exact) mass is 522 g/mol. The molecule has 1 aliphatic carbocycles. The third-order valence-electron chi connectivity index (χ3n) is 7.38. The Morgan fingerprint density at radius 3 is 2.54 bits per heavy atom. The van der Waals surface area contributed by atoms with E-state index < -0.39 is 5.91 Å². The maximum absolute atomic E-state index is 12.7. The molecule has 2 amide bonds. The molecule has 0 radical (unpaired) electrons. The fraction of sp³-hybridized carbons (Fsp3) is 0.267. The molecule has 3 N–H and O–H groups in total. The van der Waals surface area contributed by atoms with Gasteiger partial charge in [-0.15, -0.1) is 0 Å². The third kappa shape index (κ3) is 4.50. The molecule has 4 aromatic heterocycles. The maximum Gasteiger partial charge on any atom is 0.251 e. The molecule has 9 heteroatoms. The lowest BCUT2D eigenvalue weighted by atomic mass is 10.1. The summed E-state index contributed by atoms with van der Waals surface area (Å²) in [5.41, 5.74) is 11.4. The van der Waals surface area contributed by atoms with Gasteiger partial charge >= 0.3 is 0 Å². The van der Waals surface area contributed by atoms with Crippen LogP contribution in [0.5, 0.6) is 5.88 Å². The molecule has 198 valence electrons. The van der Waals surface area contributed by atoms with Gasteiger partial charge in [0.25, 0.3) is 5.91 Å². The second-order valence-electron chi connectivity index (χ2n) is 10.2. The van der Waals surface area contributed by atoms with E-state index in [4.69, 9.17) is 20.4 Å². The first kappa shape index (κ1) is 24.7. The molecule has 0 aliphatic heterocycles. The molecule has 4 heterocycles. The molecule has 0 unspecified atom stereocenters. The number of nitrogens with one attached hydrogen (secondary N) is 1. The Morgan fingerprint density at radius 2 is 1.85 bits per heavy atom. The number of pyridine rings is 2. The Bertz CT molecular complexity index is 1730. The van der Waals surface area contributed by atoms with E-state index in [1.165, 1.54) is 12.8 Å². The smallest absolute Gasteiger partial charge is 0.251 e. The van der Waals surface area contributed by atoms with Gasteiger partial charge in [-0.1, -0.05) is 18.2 Å². The quantitative estimate of drug-likeness (QED) is 0.307. The molecule has 39 heavy (non-hydrogen) atoms. The van der Waals surface area contributed by atoms with Gasteiger partial charge in [0.15, 0.2) is 5.88 Å². The van der Waals surface area contributed by atoms with Gasteiger partial charge in [0.2, 0.25) is 5.91 Å². The summed E-state index contributed by atoms with van der Waals surface area (Å²) >= 11 is 0. The minimum absolute atomic E-state index is 0.136. The number of hydrogen-bond acceptors (Lipinski definition) is 5. The van der Waals surface area contributed by atoms with Crippen LogP contribution in [-0.4, -0.2) is 37.9 Å². The SMILES string of the molecule is COc1cc(C(N)=O)cc2nc(-c3cc4ccc([C@@H](C)NC(=O)c5ccccc5)nc4n3CC3CC3)c(C)n12. The van der Waals surface area contributed by atoms with Crippen LogP contribution in [0.2, 0.25) is 0 Å². The molecule has 5 aromatic rings. The second kappa shape index (κ2) is 9.58. The van der Waals surface area contributed by atoms with Gasteiger partial charge in [-0.3, -0.25) is 14.0 Å². The molecule has 0 saturated heterocycles. The fourth-order valence-electron chi connectivity index (χ4n) is 5.08. The molecule has 1 atom stereocenters. The number of primary amides is 1. The number of imidazole rings is 1. The number of rotatable bonds is 8. The zero-order valence-electron chi connectivity index (χ0n) is 22.1. The van der Waals surface area contributed by atoms with E-state index in [2.05, 4.69) is 16.0 Å². The predicted octanol–water partition coefficient (Wildman–Crippen LogP) is 4.67. The molecule has 1 aromatic carbocycles. The number of nitrogens with zero attached hydrogens (tertiary/aromatic N) is 4. The van der Waals surface area contributed by atoms with E-state index in [1.807, 2.05) is 48.6 Å². The first-order chi connectivity index (χ1) is 18.8. The van der Waals surface area contributed by atoms with E-state index in [1.54, 1.807) is 31.4 Å². The highest BCUT2D eigenvalue weighted by molar-refractivity contribution is 5.95. The van der Waals surface area contributed by atoms with Crippen molar-refractivity contribution < 1.29 is 14.3 Å². The molecular weight excluding hydrogens is 492 g/mol. The number of carbonyl (C=O) groups excluding carboxylic acids is 2. The normalized spacial score (nSPS) is 14.0. The van der Waals surface area contributed by atoms with E-state index in [-0.39, 0.29) is 11.9 Å². The van der Waals surface area contributed by atoms with Crippen LogP contribution in [-0.2, 0) is 6.54 Å². The van der Waals surface area contributed by atoms with E-state index >= 15 is 0 Å². The van der Waals surface area contributed by atoms with Crippen LogP contribution < -0.4 is 15.8 Å². The molecule has 9 nitrogen and oxygen atoms in total. The summed E-state index contributed by atoms with van der Waals surface area (Å²) in [4.78, 5) is 34.6. The lowest BCUT2D eigenvalue weighted by Crippen LogP contribution is -2.27. The average Bonchev–Trinajstić information content (AvgIpc) is 3.61. The predicted molar refractivity (Wildman–Crippen MR) is 149 cm³/mol. The van der Waals surface area contributed by atoms with Crippen LogP contribution in [0.15, 0.2) is 60.7 Å². The second-order valence-corrected chi connectivity index (χ2v) is 10.2. The van der Waals surface area contributed by atoms with E-state index in [9.17, 15) is 9.59 Å². The number of ether oxygens (including phenoxy) is 1. The van der Waals surface area contributed by atoms with Crippen molar-refractivity contribution in [1.29, 1.82) is 0 Å². The van der Waals surface area contributed by atoms with Crippen LogP contribution in [0.3, 0.4) is 0 Å².